The predicted octanol–water partition coefficient (Wildman–Crippen LogP) is 3.86. The highest BCUT2D eigenvalue weighted by Crippen LogP contribution is 2.34. The van der Waals surface area contributed by atoms with Gasteiger partial charge in [-0.15, -0.1) is 0 Å². The number of nitrogens with two attached hydrogens (primary N) is 1. The summed E-state index contributed by atoms with van der Waals surface area (Å²) in [7, 11) is 0. The van der Waals surface area contributed by atoms with Crippen LogP contribution in [0.4, 0.5) is 5.69 Å². The second-order valence-corrected chi connectivity index (χ2v) is 6.06. The van der Waals surface area contributed by atoms with Crippen molar-refractivity contribution < 1.29 is 4.79 Å². The van der Waals surface area contributed by atoms with E-state index in [2.05, 4.69) is 13.8 Å². The molecule has 1 aromatic carbocycles. The molecule has 0 spiro atoms. The third-order valence-corrected chi connectivity index (χ3v) is 4.35. The average molecular weight is 288 g/mol. The zero-order valence-electron chi connectivity index (χ0n) is 13.3. The van der Waals surface area contributed by atoms with E-state index in [0.717, 1.165) is 49.8 Å². The van der Waals surface area contributed by atoms with Gasteiger partial charge >= 0.3 is 0 Å². The fraction of sp³-hybridized carbons (Fsp3) is 0.611. The summed E-state index contributed by atoms with van der Waals surface area (Å²) in [5.41, 5.74) is 7.80. The smallest absolute Gasteiger partial charge is 0.230 e. The molecule has 0 aliphatic heterocycles. The van der Waals surface area contributed by atoms with Gasteiger partial charge in [0.15, 0.2) is 0 Å². The Labute approximate surface area is 128 Å². The topological polar surface area (TPSA) is 46.3 Å². The molecule has 0 radical (unpaired) electrons. The minimum atomic E-state index is 0.166. The summed E-state index contributed by atoms with van der Waals surface area (Å²) in [6, 6.07) is 8.57. The van der Waals surface area contributed by atoms with E-state index in [1.54, 1.807) is 0 Å². The van der Waals surface area contributed by atoms with Gasteiger partial charge in [-0.3, -0.25) is 4.79 Å². The first-order valence-corrected chi connectivity index (χ1v) is 8.33. The van der Waals surface area contributed by atoms with Crippen LogP contribution >= 0.6 is 0 Å². The van der Waals surface area contributed by atoms with Gasteiger partial charge in [0.05, 0.1) is 0 Å². The molecule has 0 bridgehead atoms. The number of hydrogen-bond acceptors (Lipinski definition) is 2. The molecule has 1 aromatic rings. The van der Waals surface area contributed by atoms with Crippen molar-refractivity contribution >= 4 is 11.6 Å². The van der Waals surface area contributed by atoms with Gasteiger partial charge in [-0.05, 0) is 43.4 Å². The van der Waals surface area contributed by atoms with Gasteiger partial charge in [0.25, 0.3) is 0 Å². The molecule has 3 heteroatoms. The molecule has 0 saturated heterocycles. The Bertz CT molecular complexity index is 451. The van der Waals surface area contributed by atoms with Crippen LogP contribution in [0.5, 0.6) is 0 Å². The molecule has 1 fully saturated rings. The van der Waals surface area contributed by atoms with Crippen molar-refractivity contribution in [3.8, 4) is 0 Å². The summed E-state index contributed by atoms with van der Waals surface area (Å²) in [6.45, 7) is 4.86. The zero-order valence-corrected chi connectivity index (χ0v) is 13.3. The van der Waals surface area contributed by atoms with E-state index in [0.29, 0.717) is 18.5 Å². The molecule has 2 rings (SSSR count). The molecule has 2 N–H and O–H groups in total. The molecule has 1 aliphatic carbocycles. The molecule has 21 heavy (non-hydrogen) atoms. The number of carbonyl (C=O) groups is 1. The average Bonchev–Trinajstić information content (AvgIpc) is 3.34. The van der Waals surface area contributed by atoms with E-state index in [-0.39, 0.29) is 5.92 Å². The number of benzene rings is 1. The summed E-state index contributed by atoms with van der Waals surface area (Å²) in [6.07, 6.45) is 6.50. The van der Waals surface area contributed by atoms with Crippen molar-refractivity contribution in [3.63, 3.8) is 0 Å². The van der Waals surface area contributed by atoms with Gasteiger partial charge in [-0.1, -0.05) is 38.8 Å². The Balaban J connectivity index is 2.15. The fourth-order valence-electron chi connectivity index (χ4n) is 2.79. The normalized spacial score (nSPS) is 15.8. The third-order valence-electron chi connectivity index (χ3n) is 4.35. The van der Waals surface area contributed by atoms with Crippen LogP contribution in [-0.4, -0.2) is 11.9 Å². The lowest BCUT2D eigenvalue weighted by molar-refractivity contribution is -0.122. The van der Waals surface area contributed by atoms with Crippen LogP contribution in [0.15, 0.2) is 24.3 Å². The predicted molar refractivity (Wildman–Crippen MR) is 88.1 cm³/mol. The summed E-state index contributed by atoms with van der Waals surface area (Å²) < 4.78 is 0. The van der Waals surface area contributed by atoms with Crippen molar-refractivity contribution in [2.75, 3.05) is 4.90 Å². The molecule has 1 aliphatic rings. The summed E-state index contributed by atoms with van der Waals surface area (Å²) in [5.74, 6) is 0.480. The standard InChI is InChI=1S/C18H28N2O/c1-3-5-6-15(4-2)18(21)20(17-11-12-17)16-9-7-14(13-19)8-10-16/h7-10,15,17H,3-6,11-13,19H2,1-2H3. The highest BCUT2D eigenvalue weighted by atomic mass is 16.2. The van der Waals surface area contributed by atoms with Crippen molar-refractivity contribution in [1.82, 2.24) is 0 Å². The minimum Gasteiger partial charge on any atom is -0.326 e. The molecular formula is C18H28N2O. The zero-order chi connectivity index (χ0) is 15.2. The highest BCUT2D eigenvalue weighted by Gasteiger charge is 2.36. The molecule has 1 unspecified atom stereocenters. The first-order chi connectivity index (χ1) is 10.2. The second kappa shape index (κ2) is 7.60. The maximum absolute atomic E-state index is 12.9. The number of amides is 1. The lowest BCUT2D eigenvalue weighted by Gasteiger charge is -2.27. The van der Waals surface area contributed by atoms with Crippen molar-refractivity contribution in [3.05, 3.63) is 29.8 Å². The Morgan fingerprint density at radius 1 is 1.29 bits per heavy atom. The van der Waals surface area contributed by atoms with Crippen LogP contribution in [-0.2, 0) is 11.3 Å². The lowest BCUT2D eigenvalue weighted by Crippen LogP contribution is -2.38. The van der Waals surface area contributed by atoms with Crippen LogP contribution in [0, 0.1) is 5.92 Å². The summed E-state index contributed by atoms with van der Waals surface area (Å²) in [5, 5.41) is 0. The number of hydrogen-bond donors (Lipinski definition) is 1. The highest BCUT2D eigenvalue weighted by molar-refractivity contribution is 5.96. The van der Waals surface area contributed by atoms with Gasteiger partial charge in [0.1, 0.15) is 0 Å². The maximum Gasteiger partial charge on any atom is 0.230 e. The van der Waals surface area contributed by atoms with E-state index in [9.17, 15) is 4.79 Å². The van der Waals surface area contributed by atoms with Crippen LogP contribution in [0.1, 0.15) is 57.9 Å². The third kappa shape index (κ3) is 4.07. The van der Waals surface area contributed by atoms with E-state index in [1.807, 2.05) is 29.2 Å². The second-order valence-electron chi connectivity index (χ2n) is 6.06. The lowest BCUT2D eigenvalue weighted by atomic mass is 9.97. The van der Waals surface area contributed by atoms with Gasteiger partial charge in [0.2, 0.25) is 5.91 Å². The van der Waals surface area contributed by atoms with Crippen molar-refractivity contribution in [2.24, 2.45) is 11.7 Å². The SMILES string of the molecule is CCCCC(CC)C(=O)N(c1ccc(CN)cc1)C1CC1. The maximum atomic E-state index is 12.9. The van der Waals surface area contributed by atoms with Crippen molar-refractivity contribution in [2.45, 2.75) is 65.0 Å². The molecule has 1 amide bonds. The van der Waals surface area contributed by atoms with Gasteiger partial charge < -0.3 is 10.6 Å². The molecule has 1 atom stereocenters. The molecule has 3 nitrogen and oxygen atoms in total. The number of nitrogens with zero attached hydrogens (tertiary/aromatic N) is 1. The molecule has 116 valence electrons. The fourth-order valence-corrected chi connectivity index (χ4v) is 2.79. The Morgan fingerprint density at radius 2 is 1.95 bits per heavy atom. The molecule has 0 heterocycles. The molecule has 1 saturated carbocycles. The number of carbonyl (C=O) groups excluding carboxylic acids is 1. The first kappa shape index (κ1) is 16.0. The quantitative estimate of drug-likeness (QED) is 0.789. The monoisotopic (exact) mass is 288 g/mol. The Kier molecular flexibility index (Phi) is 5.80. The van der Waals surface area contributed by atoms with Gasteiger partial charge in [0, 0.05) is 24.2 Å². The Morgan fingerprint density at radius 3 is 2.43 bits per heavy atom. The molecule has 0 aromatic heterocycles. The number of anilines is 1. The van der Waals surface area contributed by atoms with Gasteiger partial charge in [-0.2, -0.15) is 0 Å². The number of rotatable bonds is 8. The van der Waals surface area contributed by atoms with E-state index < -0.39 is 0 Å². The summed E-state index contributed by atoms with van der Waals surface area (Å²) in [4.78, 5) is 15.0. The van der Waals surface area contributed by atoms with E-state index in [4.69, 9.17) is 5.73 Å². The Hall–Kier alpha value is -1.35. The van der Waals surface area contributed by atoms with Gasteiger partial charge in [-0.25, -0.2) is 0 Å². The van der Waals surface area contributed by atoms with Crippen molar-refractivity contribution in [1.29, 1.82) is 0 Å². The van der Waals surface area contributed by atoms with Crippen LogP contribution in [0.25, 0.3) is 0 Å². The largest absolute Gasteiger partial charge is 0.326 e. The van der Waals surface area contributed by atoms with E-state index in [1.165, 1.54) is 0 Å². The first-order valence-electron chi connectivity index (χ1n) is 8.33. The van der Waals surface area contributed by atoms with E-state index >= 15 is 0 Å². The minimum absolute atomic E-state index is 0.166. The van der Waals surface area contributed by atoms with Crippen LogP contribution in [0.3, 0.4) is 0 Å². The molecular weight excluding hydrogens is 260 g/mol. The summed E-state index contributed by atoms with van der Waals surface area (Å²) >= 11 is 0. The van der Waals surface area contributed by atoms with Crippen LogP contribution in [0.2, 0.25) is 0 Å². The van der Waals surface area contributed by atoms with Crippen LogP contribution < -0.4 is 10.6 Å². The number of unbranched alkanes of at least 4 members (excludes halogenated alkanes) is 1.